The van der Waals surface area contributed by atoms with Gasteiger partial charge in [-0.25, -0.2) is 0 Å². The molecule has 1 heterocycles. The van der Waals surface area contributed by atoms with Crippen LogP contribution in [0.15, 0.2) is 54.6 Å². The van der Waals surface area contributed by atoms with Crippen molar-refractivity contribution in [2.75, 3.05) is 26.2 Å². The van der Waals surface area contributed by atoms with E-state index in [9.17, 15) is 9.59 Å². The maximum Gasteiger partial charge on any atom is 0.227 e. The van der Waals surface area contributed by atoms with E-state index in [0.29, 0.717) is 25.9 Å². The molecule has 4 nitrogen and oxygen atoms in total. The van der Waals surface area contributed by atoms with Gasteiger partial charge in [-0.05, 0) is 36.5 Å². The normalized spacial score (nSPS) is 14.7. The highest BCUT2D eigenvalue weighted by molar-refractivity contribution is 5.79. The van der Waals surface area contributed by atoms with E-state index < -0.39 is 0 Å². The van der Waals surface area contributed by atoms with Crippen LogP contribution in [0.4, 0.5) is 0 Å². The number of benzene rings is 2. The lowest BCUT2D eigenvalue weighted by Gasteiger charge is -2.22. The van der Waals surface area contributed by atoms with Crippen molar-refractivity contribution in [2.24, 2.45) is 0 Å². The largest absolute Gasteiger partial charge is 0.341 e. The van der Waals surface area contributed by atoms with Crippen LogP contribution in [-0.2, 0) is 22.4 Å². The Hall–Kier alpha value is -2.62. The molecule has 4 heteroatoms. The van der Waals surface area contributed by atoms with Crippen LogP contribution in [0.3, 0.4) is 0 Å². The van der Waals surface area contributed by atoms with Crippen LogP contribution < -0.4 is 0 Å². The third kappa shape index (κ3) is 5.43. The van der Waals surface area contributed by atoms with E-state index in [4.69, 9.17) is 0 Å². The van der Waals surface area contributed by atoms with Gasteiger partial charge in [0.15, 0.2) is 0 Å². The number of rotatable bonds is 5. The van der Waals surface area contributed by atoms with Crippen molar-refractivity contribution < 1.29 is 9.59 Å². The van der Waals surface area contributed by atoms with Gasteiger partial charge < -0.3 is 9.80 Å². The summed E-state index contributed by atoms with van der Waals surface area (Å²) in [5.41, 5.74) is 3.51. The lowest BCUT2D eigenvalue weighted by atomic mass is 10.0. The van der Waals surface area contributed by atoms with Crippen LogP contribution in [0.2, 0.25) is 0 Å². The van der Waals surface area contributed by atoms with Gasteiger partial charge in [-0.3, -0.25) is 9.59 Å². The molecule has 0 radical (unpaired) electrons. The van der Waals surface area contributed by atoms with Gasteiger partial charge in [-0.2, -0.15) is 0 Å². The highest BCUT2D eigenvalue weighted by atomic mass is 16.2. The van der Waals surface area contributed by atoms with Gasteiger partial charge in [0, 0.05) is 32.6 Å². The molecule has 0 bridgehead atoms. The van der Waals surface area contributed by atoms with Gasteiger partial charge in [0.25, 0.3) is 0 Å². The van der Waals surface area contributed by atoms with Crippen LogP contribution in [0, 0.1) is 6.92 Å². The molecule has 3 rings (SSSR count). The SMILES string of the molecule is Cc1ccccc1CCC(=O)N1CCCN(C(=O)Cc2ccccc2)CC1. The molecule has 0 aromatic heterocycles. The van der Waals surface area contributed by atoms with Crippen LogP contribution >= 0.6 is 0 Å². The second-order valence-electron chi connectivity index (χ2n) is 7.20. The maximum absolute atomic E-state index is 12.6. The van der Waals surface area contributed by atoms with Crippen molar-refractivity contribution >= 4 is 11.8 Å². The first-order chi connectivity index (χ1) is 13.1. The second-order valence-corrected chi connectivity index (χ2v) is 7.20. The molecule has 2 aromatic rings. The van der Waals surface area contributed by atoms with E-state index in [1.54, 1.807) is 0 Å². The first-order valence-corrected chi connectivity index (χ1v) is 9.77. The number of hydrogen-bond donors (Lipinski definition) is 0. The number of carbonyl (C=O) groups is 2. The molecular weight excluding hydrogens is 336 g/mol. The molecule has 0 spiro atoms. The van der Waals surface area contributed by atoms with E-state index in [0.717, 1.165) is 31.5 Å². The average Bonchev–Trinajstić information content (AvgIpc) is 2.94. The summed E-state index contributed by atoms with van der Waals surface area (Å²) in [5.74, 6) is 0.339. The molecule has 142 valence electrons. The summed E-state index contributed by atoms with van der Waals surface area (Å²) in [5, 5.41) is 0. The number of aryl methyl sites for hydroxylation is 2. The van der Waals surface area contributed by atoms with E-state index in [1.807, 2.05) is 52.3 Å². The third-order valence-electron chi connectivity index (χ3n) is 5.27. The molecule has 1 aliphatic rings. The van der Waals surface area contributed by atoms with Crippen molar-refractivity contribution in [3.8, 4) is 0 Å². The quantitative estimate of drug-likeness (QED) is 0.817. The van der Waals surface area contributed by atoms with Gasteiger partial charge in [-0.1, -0.05) is 54.6 Å². The number of nitrogens with zero attached hydrogens (tertiary/aromatic N) is 2. The Morgan fingerprint density at radius 2 is 1.44 bits per heavy atom. The Bertz CT molecular complexity index is 773. The standard InChI is InChI=1S/C23H28N2O2/c1-19-8-5-6-11-21(19)12-13-22(26)24-14-7-15-25(17-16-24)23(27)18-20-9-3-2-4-10-20/h2-6,8-11H,7,12-18H2,1H3. The van der Waals surface area contributed by atoms with E-state index in [1.165, 1.54) is 11.1 Å². The number of hydrogen-bond acceptors (Lipinski definition) is 2. The summed E-state index contributed by atoms with van der Waals surface area (Å²) in [6.45, 7) is 4.81. The summed E-state index contributed by atoms with van der Waals surface area (Å²) >= 11 is 0. The minimum Gasteiger partial charge on any atom is -0.341 e. The number of carbonyl (C=O) groups excluding carboxylic acids is 2. The zero-order valence-corrected chi connectivity index (χ0v) is 16.1. The van der Waals surface area contributed by atoms with Crippen molar-refractivity contribution in [3.63, 3.8) is 0 Å². The average molecular weight is 364 g/mol. The van der Waals surface area contributed by atoms with Gasteiger partial charge in [0.1, 0.15) is 0 Å². The van der Waals surface area contributed by atoms with Gasteiger partial charge in [0.05, 0.1) is 6.42 Å². The molecular formula is C23H28N2O2. The molecule has 1 saturated heterocycles. The minimum atomic E-state index is 0.149. The lowest BCUT2D eigenvalue weighted by molar-refractivity contribution is -0.133. The summed E-state index contributed by atoms with van der Waals surface area (Å²) in [4.78, 5) is 29.0. The van der Waals surface area contributed by atoms with Crippen LogP contribution in [0.5, 0.6) is 0 Å². The first kappa shape index (κ1) is 19.2. The van der Waals surface area contributed by atoms with Gasteiger partial charge in [-0.15, -0.1) is 0 Å². The van der Waals surface area contributed by atoms with Crippen LogP contribution in [0.1, 0.15) is 29.5 Å². The first-order valence-electron chi connectivity index (χ1n) is 9.77. The Morgan fingerprint density at radius 3 is 2.15 bits per heavy atom. The van der Waals surface area contributed by atoms with Crippen molar-refractivity contribution in [1.82, 2.24) is 9.80 Å². The molecule has 1 fully saturated rings. The molecule has 1 aliphatic heterocycles. The zero-order valence-electron chi connectivity index (χ0n) is 16.1. The van der Waals surface area contributed by atoms with E-state index in [-0.39, 0.29) is 11.8 Å². The highest BCUT2D eigenvalue weighted by Crippen LogP contribution is 2.12. The fraction of sp³-hybridized carbons (Fsp3) is 0.391. The predicted octanol–water partition coefficient (Wildman–Crippen LogP) is 3.23. The molecule has 2 aromatic carbocycles. The van der Waals surface area contributed by atoms with Gasteiger partial charge in [0.2, 0.25) is 11.8 Å². The van der Waals surface area contributed by atoms with Gasteiger partial charge >= 0.3 is 0 Å². The van der Waals surface area contributed by atoms with Crippen LogP contribution in [-0.4, -0.2) is 47.8 Å². The summed E-state index contributed by atoms with van der Waals surface area (Å²) < 4.78 is 0. The van der Waals surface area contributed by atoms with Crippen molar-refractivity contribution in [3.05, 3.63) is 71.3 Å². The van der Waals surface area contributed by atoms with Crippen molar-refractivity contribution in [2.45, 2.75) is 32.6 Å². The Kier molecular flexibility index (Phi) is 6.64. The molecule has 2 amide bonds. The maximum atomic E-state index is 12.6. The lowest BCUT2D eigenvalue weighted by Crippen LogP contribution is -2.38. The molecule has 27 heavy (non-hydrogen) atoms. The van der Waals surface area contributed by atoms with Crippen LogP contribution in [0.25, 0.3) is 0 Å². The Labute approximate surface area is 161 Å². The van der Waals surface area contributed by atoms with E-state index >= 15 is 0 Å². The molecule has 0 saturated carbocycles. The topological polar surface area (TPSA) is 40.6 Å². The molecule has 0 atom stereocenters. The minimum absolute atomic E-state index is 0.149. The highest BCUT2D eigenvalue weighted by Gasteiger charge is 2.22. The fourth-order valence-electron chi connectivity index (χ4n) is 3.59. The summed E-state index contributed by atoms with van der Waals surface area (Å²) in [6, 6.07) is 18.1. The summed E-state index contributed by atoms with van der Waals surface area (Å²) in [6.07, 6.45) is 2.58. The Morgan fingerprint density at radius 1 is 0.815 bits per heavy atom. The van der Waals surface area contributed by atoms with Crippen molar-refractivity contribution in [1.29, 1.82) is 0 Å². The summed E-state index contributed by atoms with van der Waals surface area (Å²) in [7, 11) is 0. The molecule has 0 unspecified atom stereocenters. The number of amides is 2. The molecule has 0 aliphatic carbocycles. The monoisotopic (exact) mass is 364 g/mol. The predicted molar refractivity (Wildman–Crippen MR) is 107 cm³/mol. The second kappa shape index (κ2) is 9.36. The fourth-order valence-corrected chi connectivity index (χ4v) is 3.59. The van der Waals surface area contributed by atoms with E-state index in [2.05, 4.69) is 19.1 Å². The molecule has 0 N–H and O–H groups in total. The smallest absolute Gasteiger partial charge is 0.227 e. The zero-order chi connectivity index (χ0) is 19.1. The third-order valence-corrected chi connectivity index (χ3v) is 5.27. The Balaban J connectivity index is 1.49.